The highest BCUT2D eigenvalue weighted by Gasteiger charge is 2.36. The largest absolute Gasteiger partial charge is 0.497 e. The van der Waals surface area contributed by atoms with E-state index >= 15 is 0 Å². The van der Waals surface area contributed by atoms with Crippen molar-refractivity contribution in [3.63, 3.8) is 0 Å². The van der Waals surface area contributed by atoms with Crippen LogP contribution in [-0.2, 0) is 5.54 Å². The highest BCUT2D eigenvalue weighted by Crippen LogP contribution is 2.36. The summed E-state index contributed by atoms with van der Waals surface area (Å²) in [7, 11) is 1.55. The van der Waals surface area contributed by atoms with E-state index in [1.54, 1.807) is 31.4 Å². The standard InChI is InChI=1S/C21H21FN4O3/c1-28-15-7-4-13(5-8-15)18(27)24-17-12-14(22)6-9-16(17)19-25-20(26-29-19)21(23)10-2-3-11-21/h4-9,12H,2-3,10-11,23H2,1H3,(H,24,27). The molecule has 0 spiro atoms. The first kappa shape index (κ1) is 19.1. The Morgan fingerprint density at radius 3 is 2.62 bits per heavy atom. The molecule has 1 aliphatic carbocycles. The van der Waals surface area contributed by atoms with Crippen molar-refractivity contribution in [1.29, 1.82) is 0 Å². The van der Waals surface area contributed by atoms with E-state index in [9.17, 15) is 9.18 Å². The van der Waals surface area contributed by atoms with Gasteiger partial charge in [-0.2, -0.15) is 4.98 Å². The molecule has 2 aromatic carbocycles. The van der Waals surface area contributed by atoms with Crippen LogP contribution in [0.25, 0.3) is 11.5 Å². The molecule has 3 aromatic rings. The zero-order valence-electron chi connectivity index (χ0n) is 15.9. The number of nitrogens with zero attached hydrogens (tertiary/aromatic N) is 2. The third kappa shape index (κ3) is 3.84. The average molecular weight is 396 g/mol. The Labute approximate surface area is 167 Å². The molecule has 0 unspecified atom stereocenters. The van der Waals surface area contributed by atoms with Crippen molar-refractivity contribution in [2.45, 2.75) is 31.2 Å². The van der Waals surface area contributed by atoms with Crippen LogP contribution in [0.2, 0.25) is 0 Å². The number of halogens is 1. The quantitative estimate of drug-likeness (QED) is 0.679. The third-order valence-electron chi connectivity index (χ3n) is 5.18. The molecule has 1 heterocycles. The van der Waals surface area contributed by atoms with Gasteiger partial charge in [-0.1, -0.05) is 18.0 Å². The molecule has 4 rings (SSSR count). The summed E-state index contributed by atoms with van der Waals surface area (Å²) >= 11 is 0. The first-order valence-corrected chi connectivity index (χ1v) is 9.37. The second-order valence-electron chi connectivity index (χ2n) is 7.16. The monoisotopic (exact) mass is 396 g/mol. The minimum atomic E-state index is -0.603. The predicted molar refractivity (Wildman–Crippen MR) is 105 cm³/mol. The Morgan fingerprint density at radius 1 is 1.21 bits per heavy atom. The van der Waals surface area contributed by atoms with E-state index < -0.39 is 17.3 Å². The zero-order chi connectivity index (χ0) is 20.4. The number of methoxy groups -OCH3 is 1. The number of rotatable bonds is 5. The Hall–Kier alpha value is -3.26. The molecule has 0 aliphatic heterocycles. The number of anilines is 1. The lowest BCUT2D eigenvalue weighted by molar-refractivity contribution is 0.102. The fourth-order valence-electron chi connectivity index (χ4n) is 3.51. The molecule has 0 bridgehead atoms. The number of hydrogen-bond donors (Lipinski definition) is 2. The van der Waals surface area contributed by atoms with Crippen LogP contribution >= 0.6 is 0 Å². The Bertz CT molecular complexity index is 1030. The number of aromatic nitrogens is 2. The predicted octanol–water partition coefficient (Wildman–Crippen LogP) is 3.86. The van der Waals surface area contributed by atoms with Gasteiger partial charge in [-0.3, -0.25) is 4.79 Å². The summed E-state index contributed by atoms with van der Waals surface area (Å²) in [5.74, 6) is 0.354. The minimum Gasteiger partial charge on any atom is -0.497 e. The maximum absolute atomic E-state index is 13.9. The van der Waals surface area contributed by atoms with Gasteiger partial charge >= 0.3 is 0 Å². The molecule has 0 radical (unpaired) electrons. The van der Waals surface area contributed by atoms with Crippen LogP contribution in [0.4, 0.5) is 10.1 Å². The summed E-state index contributed by atoms with van der Waals surface area (Å²) in [6.07, 6.45) is 3.60. The van der Waals surface area contributed by atoms with Crippen LogP contribution in [0.5, 0.6) is 5.75 Å². The molecule has 1 saturated carbocycles. The maximum Gasteiger partial charge on any atom is 0.260 e. The molecule has 7 nitrogen and oxygen atoms in total. The summed E-state index contributed by atoms with van der Waals surface area (Å²) < 4.78 is 24.4. The normalized spacial score (nSPS) is 15.3. The summed E-state index contributed by atoms with van der Waals surface area (Å²) in [5.41, 5.74) is 6.85. The van der Waals surface area contributed by atoms with E-state index in [2.05, 4.69) is 15.5 Å². The molecule has 8 heteroatoms. The van der Waals surface area contributed by atoms with Crippen LogP contribution in [-0.4, -0.2) is 23.2 Å². The summed E-state index contributed by atoms with van der Waals surface area (Å²) in [5, 5.41) is 6.75. The number of benzene rings is 2. The van der Waals surface area contributed by atoms with E-state index in [0.29, 0.717) is 22.7 Å². The fourth-order valence-corrected chi connectivity index (χ4v) is 3.51. The van der Waals surface area contributed by atoms with Gasteiger partial charge in [0.15, 0.2) is 5.82 Å². The van der Waals surface area contributed by atoms with Crippen molar-refractivity contribution in [1.82, 2.24) is 10.1 Å². The Morgan fingerprint density at radius 2 is 1.93 bits per heavy atom. The van der Waals surface area contributed by atoms with Crippen LogP contribution < -0.4 is 15.8 Å². The van der Waals surface area contributed by atoms with Crippen molar-refractivity contribution in [2.75, 3.05) is 12.4 Å². The summed E-state index contributed by atoms with van der Waals surface area (Å²) in [6, 6.07) is 10.6. The number of carbonyl (C=O) groups is 1. The minimum absolute atomic E-state index is 0.182. The summed E-state index contributed by atoms with van der Waals surface area (Å²) in [4.78, 5) is 17.0. The Kier molecular flexibility index (Phi) is 5.02. The lowest BCUT2D eigenvalue weighted by Gasteiger charge is -2.17. The van der Waals surface area contributed by atoms with Gasteiger partial charge in [0.05, 0.1) is 23.9 Å². The molecule has 1 amide bonds. The first-order chi connectivity index (χ1) is 14.0. The van der Waals surface area contributed by atoms with E-state index in [-0.39, 0.29) is 11.6 Å². The molecule has 3 N–H and O–H groups in total. The molecule has 1 aliphatic rings. The maximum atomic E-state index is 13.9. The fraction of sp³-hybridized carbons (Fsp3) is 0.286. The molecule has 1 aromatic heterocycles. The van der Waals surface area contributed by atoms with Crippen LogP contribution in [0, 0.1) is 5.82 Å². The number of ether oxygens (including phenoxy) is 1. The van der Waals surface area contributed by atoms with Gasteiger partial charge in [-0.05, 0) is 55.3 Å². The van der Waals surface area contributed by atoms with Crippen molar-refractivity contribution in [2.24, 2.45) is 5.73 Å². The SMILES string of the molecule is COc1ccc(C(=O)Nc2cc(F)ccc2-c2nc(C3(N)CCCC3)no2)cc1. The summed E-state index contributed by atoms with van der Waals surface area (Å²) in [6.45, 7) is 0. The van der Waals surface area contributed by atoms with Crippen LogP contribution in [0.3, 0.4) is 0 Å². The number of carbonyl (C=O) groups excluding carboxylic acids is 1. The lowest BCUT2D eigenvalue weighted by Crippen LogP contribution is -2.34. The highest BCUT2D eigenvalue weighted by atomic mass is 19.1. The number of nitrogens with one attached hydrogen (secondary N) is 1. The van der Waals surface area contributed by atoms with E-state index in [1.165, 1.54) is 18.2 Å². The molecule has 1 fully saturated rings. The second-order valence-corrected chi connectivity index (χ2v) is 7.16. The van der Waals surface area contributed by atoms with Crippen molar-refractivity contribution >= 4 is 11.6 Å². The van der Waals surface area contributed by atoms with E-state index in [4.69, 9.17) is 15.0 Å². The zero-order valence-corrected chi connectivity index (χ0v) is 15.9. The Balaban J connectivity index is 1.62. The van der Waals surface area contributed by atoms with Crippen molar-refractivity contribution < 1.29 is 18.4 Å². The van der Waals surface area contributed by atoms with Crippen molar-refractivity contribution in [3.05, 3.63) is 59.7 Å². The lowest BCUT2D eigenvalue weighted by atomic mass is 9.98. The number of amides is 1. The van der Waals surface area contributed by atoms with Crippen LogP contribution in [0.1, 0.15) is 41.9 Å². The van der Waals surface area contributed by atoms with E-state index in [1.807, 2.05) is 0 Å². The van der Waals surface area contributed by atoms with Gasteiger partial charge in [-0.25, -0.2) is 4.39 Å². The van der Waals surface area contributed by atoms with Gasteiger partial charge < -0.3 is 20.3 Å². The smallest absolute Gasteiger partial charge is 0.260 e. The van der Waals surface area contributed by atoms with Gasteiger partial charge in [0.1, 0.15) is 11.6 Å². The van der Waals surface area contributed by atoms with Gasteiger partial charge in [0, 0.05) is 5.56 Å². The topological polar surface area (TPSA) is 103 Å². The average Bonchev–Trinajstić information content (AvgIpc) is 3.38. The van der Waals surface area contributed by atoms with Gasteiger partial charge in [0.25, 0.3) is 11.8 Å². The third-order valence-corrected chi connectivity index (χ3v) is 5.18. The molecule has 150 valence electrons. The van der Waals surface area contributed by atoms with Gasteiger partial charge in [-0.15, -0.1) is 0 Å². The molecular weight excluding hydrogens is 375 g/mol. The second kappa shape index (κ2) is 7.63. The molecule has 0 atom stereocenters. The highest BCUT2D eigenvalue weighted by molar-refractivity contribution is 6.06. The number of hydrogen-bond acceptors (Lipinski definition) is 6. The van der Waals surface area contributed by atoms with E-state index in [0.717, 1.165) is 25.7 Å². The van der Waals surface area contributed by atoms with Gasteiger partial charge in [0.2, 0.25) is 0 Å². The first-order valence-electron chi connectivity index (χ1n) is 9.37. The van der Waals surface area contributed by atoms with Crippen LogP contribution in [0.15, 0.2) is 47.0 Å². The molecule has 29 heavy (non-hydrogen) atoms. The van der Waals surface area contributed by atoms with Crippen molar-refractivity contribution in [3.8, 4) is 17.2 Å². The number of nitrogens with two attached hydrogens (primary N) is 1. The molecular formula is C21H21FN4O3. The molecule has 0 saturated heterocycles.